The van der Waals surface area contributed by atoms with Crippen LogP contribution in [0.5, 0.6) is 0 Å². The lowest BCUT2D eigenvalue weighted by Gasteiger charge is -2.19. The first kappa shape index (κ1) is 9.03. The van der Waals surface area contributed by atoms with Crippen LogP contribution in [0.2, 0.25) is 0 Å². The van der Waals surface area contributed by atoms with Gasteiger partial charge in [0.15, 0.2) is 0 Å². The maximum absolute atomic E-state index is 3.42. The van der Waals surface area contributed by atoms with Gasteiger partial charge in [0.05, 0.1) is 5.00 Å². The fourth-order valence-electron chi connectivity index (χ4n) is 1.66. The molecule has 0 amide bonds. The summed E-state index contributed by atoms with van der Waals surface area (Å²) in [6, 6.07) is 4.45. The van der Waals surface area contributed by atoms with Gasteiger partial charge in [0, 0.05) is 24.5 Å². The van der Waals surface area contributed by atoms with Crippen molar-refractivity contribution in [2.24, 2.45) is 0 Å². The van der Waals surface area contributed by atoms with Gasteiger partial charge in [-0.25, -0.2) is 0 Å². The minimum Gasteiger partial charge on any atom is -0.362 e. The Hall–Kier alpha value is -0.540. The number of nitrogens with one attached hydrogen (secondary N) is 1. The van der Waals surface area contributed by atoms with Crippen molar-refractivity contribution >= 4 is 16.3 Å². The minimum absolute atomic E-state index is 1.12. The molecule has 1 fully saturated rings. The lowest BCUT2D eigenvalue weighted by Crippen LogP contribution is -2.26. The van der Waals surface area contributed by atoms with Crippen LogP contribution in [-0.2, 0) is 0 Å². The van der Waals surface area contributed by atoms with E-state index in [1.165, 1.54) is 29.4 Å². The predicted octanol–water partition coefficient (Wildman–Crippen LogP) is 1.86. The van der Waals surface area contributed by atoms with E-state index in [0.29, 0.717) is 0 Å². The Morgan fingerprint density at radius 3 is 3.00 bits per heavy atom. The average Bonchev–Trinajstić information content (AvgIpc) is 2.43. The first-order valence-corrected chi connectivity index (χ1v) is 5.70. The van der Waals surface area contributed by atoms with E-state index in [2.05, 4.69) is 29.3 Å². The van der Waals surface area contributed by atoms with Crippen LogP contribution < -0.4 is 10.2 Å². The van der Waals surface area contributed by atoms with Gasteiger partial charge < -0.3 is 10.2 Å². The average molecular weight is 196 g/mol. The molecule has 72 valence electrons. The summed E-state index contributed by atoms with van der Waals surface area (Å²) in [5.41, 5.74) is 0. The summed E-state index contributed by atoms with van der Waals surface area (Å²) in [5, 5.41) is 4.85. The molecule has 2 rings (SSSR count). The van der Waals surface area contributed by atoms with Crippen molar-refractivity contribution in [1.82, 2.24) is 5.32 Å². The highest BCUT2D eigenvalue weighted by molar-refractivity contribution is 7.16. The summed E-state index contributed by atoms with van der Waals surface area (Å²) in [7, 11) is 0. The van der Waals surface area contributed by atoms with Crippen molar-refractivity contribution in [2.45, 2.75) is 13.3 Å². The summed E-state index contributed by atoms with van der Waals surface area (Å²) in [4.78, 5) is 3.89. The monoisotopic (exact) mass is 196 g/mol. The van der Waals surface area contributed by atoms with Crippen molar-refractivity contribution in [2.75, 3.05) is 31.1 Å². The molecule has 2 heterocycles. The summed E-state index contributed by atoms with van der Waals surface area (Å²) >= 11 is 1.90. The number of hydrogen-bond donors (Lipinski definition) is 1. The highest BCUT2D eigenvalue weighted by Crippen LogP contribution is 2.25. The second-order valence-electron chi connectivity index (χ2n) is 3.47. The van der Waals surface area contributed by atoms with E-state index in [1.807, 2.05) is 11.3 Å². The van der Waals surface area contributed by atoms with E-state index in [4.69, 9.17) is 0 Å². The molecule has 0 aliphatic carbocycles. The third-order valence-corrected chi connectivity index (χ3v) is 3.44. The molecule has 1 N–H and O–H groups in total. The second-order valence-corrected chi connectivity index (χ2v) is 4.74. The molecule has 0 spiro atoms. The molecule has 1 aromatic heterocycles. The first-order valence-electron chi connectivity index (χ1n) is 4.88. The Morgan fingerprint density at radius 2 is 2.23 bits per heavy atom. The van der Waals surface area contributed by atoms with Crippen LogP contribution >= 0.6 is 11.3 Å². The predicted molar refractivity (Wildman–Crippen MR) is 58.8 cm³/mol. The topological polar surface area (TPSA) is 15.3 Å². The van der Waals surface area contributed by atoms with Crippen molar-refractivity contribution in [3.8, 4) is 0 Å². The highest BCUT2D eigenvalue weighted by Gasteiger charge is 2.10. The molecule has 0 unspecified atom stereocenters. The zero-order chi connectivity index (χ0) is 9.10. The maximum Gasteiger partial charge on any atom is 0.0911 e. The Labute approximate surface area is 83.6 Å². The number of nitrogens with zero attached hydrogens (tertiary/aromatic N) is 1. The van der Waals surface area contributed by atoms with E-state index in [-0.39, 0.29) is 0 Å². The van der Waals surface area contributed by atoms with Gasteiger partial charge in [0.1, 0.15) is 0 Å². The van der Waals surface area contributed by atoms with Crippen LogP contribution in [0.4, 0.5) is 5.00 Å². The van der Waals surface area contributed by atoms with Crippen LogP contribution in [0.1, 0.15) is 11.3 Å². The van der Waals surface area contributed by atoms with Crippen molar-refractivity contribution in [3.63, 3.8) is 0 Å². The number of rotatable bonds is 1. The molecule has 0 radical (unpaired) electrons. The van der Waals surface area contributed by atoms with Crippen molar-refractivity contribution < 1.29 is 0 Å². The smallest absolute Gasteiger partial charge is 0.0911 e. The first-order chi connectivity index (χ1) is 6.36. The van der Waals surface area contributed by atoms with Crippen LogP contribution in [0.3, 0.4) is 0 Å². The number of anilines is 1. The van der Waals surface area contributed by atoms with E-state index in [9.17, 15) is 0 Å². The molecule has 1 aliphatic heterocycles. The van der Waals surface area contributed by atoms with E-state index < -0.39 is 0 Å². The summed E-state index contributed by atoms with van der Waals surface area (Å²) < 4.78 is 0. The molecule has 1 saturated heterocycles. The Kier molecular flexibility index (Phi) is 2.86. The SMILES string of the molecule is Cc1ccc(N2CCCNCC2)s1. The van der Waals surface area contributed by atoms with Crippen LogP contribution in [0.25, 0.3) is 0 Å². The largest absolute Gasteiger partial charge is 0.362 e. The van der Waals surface area contributed by atoms with Gasteiger partial charge in [-0.2, -0.15) is 0 Å². The highest BCUT2D eigenvalue weighted by atomic mass is 32.1. The van der Waals surface area contributed by atoms with Crippen molar-refractivity contribution in [3.05, 3.63) is 17.0 Å². The molecule has 2 nitrogen and oxygen atoms in total. The number of hydrogen-bond acceptors (Lipinski definition) is 3. The molecule has 13 heavy (non-hydrogen) atoms. The van der Waals surface area contributed by atoms with E-state index in [1.54, 1.807) is 0 Å². The molecule has 3 heteroatoms. The molecular weight excluding hydrogens is 180 g/mol. The van der Waals surface area contributed by atoms with Gasteiger partial charge in [-0.3, -0.25) is 0 Å². The van der Waals surface area contributed by atoms with E-state index >= 15 is 0 Å². The zero-order valence-electron chi connectivity index (χ0n) is 8.05. The Balaban J connectivity index is 2.06. The molecule has 0 aromatic carbocycles. The van der Waals surface area contributed by atoms with Gasteiger partial charge in [-0.15, -0.1) is 11.3 Å². The third-order valence-electron chi connectivity index (χ3n) is 2.38. The second kappa shape index (κ2) is 4.11. The quantitative estimate of drug-likeness (QED) is 0.737. The summed E-state index contributed by atoms with van der Waals surface area (Å²) in [5.74, 6) is 0. The Bertz CT molecular complexity index is 262. The van der Waals surface area contributed by atoms with Crippen LogP contribution in [0, 0.1) is 6.92 Å². The maximum atomic E-state index is 3.42. The molecular formula is C10H16N2S. The lowest BCUT2D eigenvalue weighted by atomic mass is 10.4. The third kappa shape index (κ3) is 2.23. The van der Waals surface area contributed by atoms with Crippen molar-refractivity contribution in [1.29, 1.82) is 0 Å². The number of thiophene rings is 1. The summed E-state index contributed by atoms with van der Waals surface area (Å²) in [6.07, 6.45) is 1.26. The number of aryl methyl sites for hydroxylation is 1. The Morgan fingerprint density at radius 1 is 1.31 bits per heavy atom. The summed E-state index contributed by atoms with van der Waals surface area (Å²) in [6.45, 7) is 6.81. The zero-order valence-corrected chi connectivity index (χ0v) is 8.86. The molecule has 1 aromatic rings. The normalized spacial score (nSPS) is 18.7. The van der Waals surface area contributed by atoms with Gasteiger partial charge in [-0.1, -0.05) is 0 Å². The van der Waals surface area contributed by atoms with Gasteiger partial charge in [0.25, 0.3) is 0 Å². The van der Waals surface area contributed by atoms with Gasteiger partial charge in [-0.05, 0) is 32.0 Å². The molecule has 0 saturated carbocycles. The molecule has 0 atom stereocenters. The van der Waals surface area contributed by atoms with E-state index in [0.717, 1.165) is 13.1 Å². The van der Waals surface area contributed by atoms with Crippen LogP contribution in [-0.4, -0.2) is 26.2 Å². The standard InChI is InChI=1S/C10H16N2S/c1-9-3-4-10(13-9)12-7-2-5-11-6-8-12/h3-4,11H,2,5-8H2,1H3. The lowest BCUT2D eigenvalue weighted by molar-refractivity contribution is 0.724. The van der Waals surface area contributed by atoms with Gasteiger partial charge >= 0.3 is 0 Å². The van der Waals surface area contributed by atoms with Crippen LogP contribution in [0.15, 0.2) is 12.1 Å². The van der Waals surface area contributed by atoms with Gasteiger partial charge in [0.2, 0.25) is 0 Å². The fraction of sp³-hybridized carbons (Fsp3) is 0.600. The minimum atomic E-state index is 1.12. The fourth-order valence-corrected chi connectivity index (χ4v) is 2.57. The molecule has 1 aliphatic rings. The molecule has 0 bridgehead atoms.